The highest BCUT2D eigenvalue weighted by Gasteiger charge is 2.13. The van der Waals surface area contributed by atoms with Gasteiger partial charge in [0.1, 0.15) is 5.75 Å². The molecule has 0 aliphatic carbocycles. The number of anilines is 1. The van der Waals surface area contributed by atoms with Crippen molar-refractivity contribution in [1.82, 2.24) is 0 Å². The third kappa shape index (κ3) is 2.50. The van der Waals surface area contributed by atoms with Crippen LogP contribution in [0.2, 0.25) is 0 Å². The molecule has 0 aromatic heterocycles. The molecule has 3 rings (SSSR count). The summed E-state index contributed by atoms with van der Waals surface area (Å²) in [7, 11) is 1.68. The summed E-state index contributed by atoms with van der Waals surface area (Å²) in [5, 5.41) is 3.38. The standard InChI is InChI=1S/C16H17NO3/c1-11-3-5-13(15(7-11)18-2)17-9-12-4-6-14-16(8-12)20-10-19-14/h3-8,17H,9-10H2,1-2H3. The minimum atomic E-state index is 0.304. The first-order chi connectivity index (χ1) is 9.76. The molecule has 2 aromatic rings. The molecule has 0 saturated heterocycles. The molecule has 0 bridgehead atoms. The van der Waals surface area contributed by atoms with Gasteiger partial charge in [-0.2, -0.15) is 0 Å². The molecule has 0 saturated carbocycles. The van der Waals surface area contributed by atoms with Gasteiger partial charge in [0.15, 0.2) is 11.5 Å². The van der Waals surface area contributed by atoms with E-state index in [-0.39, 0.29) is 0 Å². The van der Waals surface area contributed by atoms with Crippen LogP contribution in [0.3, 0.4) is 0 Å². The Balaban J connectivity index is 1.73. The SMILES string of the molecule is COc1cc(C)ccc1NCc1ccc2c(c1)OCO2. The van der Waals surface area contributed by atoms with E-state index in [0.29, 0.717) is 13.3 Å². The van der Waals surface area contributed by atoms with E-state index in [2.05, 4.69) is 11.4 Å². The van der Waals surface area contributed by atoms with Crippen LogP contribution in [-0.2, 0) is 6.54 Å². The molecular formula is C16H17NO3. The number of hydrogen-bond acceptors (Lipinski definition) is 4. The van der Waals surface area contributed by atoms with Crippen molar-refractivity contribution in [2.75, 3.05) is 19.2 Å². The fraction of sp³-hybridized carbons (Fsp3) is 0.250. The number of ether oxygens (including phenoxy) is 3. The first-order valence-electron chi connectivity index (χ1n) is 6.53. The zero-order valence-corrected chi connectivity index (χ0v) is 11.6. The van der Waals surface area contributed by atoms with Crippen LogP contribution in [0, 0.1) is 6.92 Å². The highest BCUT2D eigenvalue weighted by atomic mass is 16.7. The quantitative estimate of drug-likeness (QED) is 0.925. The summed E-state index contributed by atoms with van der Waals surface area (Å²) in [6, 6.07) is 12.1. The topological polar surface area (TPSA) is 39.7 Å². The molecule has 4 heteroatoms. The molecule has 4 nitrogen and oxygen atoms in total. The summed E-state index contributed by atoms with van der Waals surface area (Å²) in [4.78, 5) is 0. The predicted octanol–water partition coefficient (Wildman–Crippen LogP) is 3.34. The first-order valence-corrected chi connectivity index (χ1v) is 6.53. The van der Waals surface area contributed by atoms with Gasteiger partial charge in [-0.3, -0.25) is 0 Å². The lowest BCUT2D eigenvalue weighted by Crippen LogP contribution is -2.01. The van der Waals surface area contributed by atoms with Crippen molar-refractivity contribution in [3.8, 4) is 17.2 Å². The third-order valence-electron chi connectivity index (χ3n) is 3.28. The largest absolute Gasteiger partial charge is 0.495 e. The number of methoxy groups -OCH3 is 1. The number of nitrogens with one attached hydrogen (secondary N) is 1. The summed E-state index contributed by atoms with van der Waals surface area (Å²) in [5.74, 6) is 2.47. The maximum atomic E-state index is 5.38. The third-order valence-corrected chi connectivity index (χ3v) is 3.28. The van der Waals surface area contributed by atoms with Gasteiger partial charge >= 0.3 is 0 Å². The minimum Gasteiger partial charge on any atom is -0.495 e. The Morgan fingerprint density at radius 3 is 2.80 bits per heavy atom. The minimum absolute atomic E-state index is 0.304. The molecule has 0 atom stereocenters. The van der Waals surface area contributed by atoms with E-state index in [4.69, 9.17) is 14.2 Å². The average molecular weight is 271 g/mol. The van der Waals surface area contributed by atoms with Gasteiger partial charge in [-0.15, -0.1) is 0 Å². The van der Waals surface area contributed by atoms with E-state index < -0.39 is 0 Å². The molecule has 0 radical (unpaired) electrons. The Morgan fingerprint density at radius 2 is 1.95 bits per heavy atom. The Hall–Kier alpha value is -2.36. The predicted molar refractivity (Wildman–Crippen MR) is 77.6 cm³/mol. The van der Waals surface area contributed by atoms with Crippen molar-refractivity contribution in [3.63, 3.8) is 0 Å². The van der Waals surface area contributed by atoms with Gasteiger partial charge in [-0.05, 0) is 42.3 Å². The number of hydrogen-bond donors (Lipinski definition) is 1. The summed E-state index contributed by atoms with van der Waals surface area (Å²) < 4.78 is 16.1. The fourth-order valence-corrected chi connectivity index (χ4v) is 2.19. The lowest BCUT2D eigenvalue weighted by atomic mass is 10.1. The number of fused-ring (bicyclic) bond motifs is 1. The van der Waals surface area contributed by atoms with Crippen molar-refractivity contribution >= 4 is 5.69 Å². The number of aryl methyl sites for hydroxylation is 1. The molecule has 1 aliphatic rings. The van der Waals surface area contributed by atoms with Gasteiger partial charge < -0.3 is 19.5 Å². The molecule has 1 aliphatic heterocycles. The van der Waals surface area contributed by atoms with Gasteiger partial charge in [0, 0.05) is 6.54 Å². The Kier molecular flexibility index (Phi) is 3.37. The van der Waals surface area contributed by atoms with E-state index in [9.17, 15) is 0 Å². The molecular weight excluding hydrogens is 254 g/mol. The van der Waals surface area contributed by atoms with Crippen LogP contribution in [0.25, 0.3) is 0 Å². The van der Waals surface area contributed by atoms with Crippen molar-refractivity contribution in [1.29, 1.82) is 0 Å². The summed E-state index contributed by atoms with van der Waals surface area (Å²) in [5.41, 5.74) is 3.29. The summed E-state index contributed by atoms with van der Waals surface area (Å²) in [6.45, 7) is 3.05. The van der Waals surface area contributed by atoms with Crippen LogP contribution in [0.15, 0.2) is 36.4 Å². The van der Waals surface area contributed by atoms with Crippen molar-refractivity contribution in [2.45, 2.75) is 13.5 Å². The maximum absolute atomic E-state index is 5.38. The van der Waals surface area contributed by atoms with Gasteiger partial charge in [0.05, 0.1) is 12.8 Å². The van der Waals surface area contributed by atoms with Gasteiger partial charge in [0.25, 0.3) is 0 Å². The maximum Gasteiger partial charge on any atom is 0.231 e. The average Bonchev–Trinajstić information content (AvgIpc) is 2.93. The lowest BCUT2D eigenvalue weighted by molar-refractivity contribution is 0.174. The normalized spacial score (nSPS) is 12.3. The molecule has 0 spiro atoms. The van der Waals surface area contributed by atoms with Crippen LogP contribution >= 0.6 is 0 Å². The van der Waals surface area contributed by atoms with Crippen molar-refractivity contribution < 1.29 is 14.2 Å². The summed E-state index contributed by atoms with van der Waals surface area (Å²) in [6.07, 6.45) is 0. The van der Waals surface area contributed by atoms with Crippen LogP contribution in [0.4, 0.5) is 5.69 Å². The second-order valence-electron chi connectivity index (χ2n) is 4.74. The Labute approximate surface area is 118 Å². The van der Waals surface area contributed by atoms with Crippen molar-refractivity contribution in [2.24, 2.45) is 0 Å². The highest BCUT2D eigenvalue weighted by molar-refractivity contribution is 5.58. The van der Waals surface area contributed by atoms with E-state index >= 15 is 0 Å². The molecule has 2 aromatic carbocycles. The Morgan fingerprint density at radius 1 is 1.10 bits per heavy atom. The van der Waals surface area contributed by atoms with E-state index in [1.54, 1.807) is 7.11 Å². The second-order valence-corrected chi connectivity index (χ2v) is 4.74. The fourth-order valence-electron chi connectivity index (χ4n) is 2.19. The highest BCUT2D eigenvalue weighted by Crippen LogP contribution is 2.33. The van der Waals surface area contributed by atoms with Crippen molar-refractivity contribution in [3.05, 3.63) is 47.5 Å². The first kappa shape index (κ1) is 12.7. The lowest BCUT2D eigenvalue weighted by Gasteiger charge is -2.12. The van der Waals surface area contributed by atoms with Crippen LogP contribution in [0.1, 0.15) is 11.1 Å². The Bertz CT molecular complexity index is 625. The number of benzene rings is 2. The van der Waals surface area contributed by atoms with E-state index in [1.165, 1.54) is 5.56 Å². The van der Waals surface area contributed by atoms with Crippen LogP contribution in [0.5, 0.6) is 17.2 Å². The molecule has 0 unspecified atom stereocenters. The van der Waals surface area contributed by atoms with Gasteiger partial charge in [-0.25, -0.2) is 0 Å². The smallest absolute Gasteiger partial charge is 0.231 e. The van der Waals surface area contributed by atoms with E-state index in [0.717, 1.165) is 28.5 Å². The molecule has 0 fully saturated rings. The molecule has 20 heavy (non-hydrogen) atoms. The zero-order chi connectivity index (χ0) is 13.9. The van der Waals surface area contributed by atoms with E-state index in [1.807, 2.05) is 37.3 Å². The van der Waals surface area contributed by atoms with Gasteiger partial charge in [0.2, 0.25) is 6.79 Å². The molecule has 0 amide bonds. The number of rotatable bonds is 4. The molecule has 104 valence electrons. The summed E-state index contributed by atoms with van der Waals surface area (Å²) >= 11 is 0. The van der Waals surface area contributed by atoms with Crippen LogP contribution in [-0.4, -0.2) is 13.9 Å². The van der Waals surface area contributed by atoms with Crippen LogP contribution < -0.4 is 19.5 Å². The zero-order valence-electron chi connectivity index (χ0n) is 11.6. The van der Waals surface area contributed by atoms with Gasteiger partial charge in [-0.1, -0.05) is 12.1 Å². The molecule has 1 heterocycles. The molecule has 1 N–H and O–H groups in total. The second kappa shape index (κ2) is 5.33. The monoisotopic (exact) mass is 271 g/mol.